The van der Waals surface area contributed by atoms with E-state index in [2.05, 4.69) is 15.6 Å². The van der Waals surface area contributed by atoms with Crippen molar-refractivity contribution in [3.05, 3.63) is 30.5 Å². The Morgan fingerprint density at radius 2 is 2.28 bits per heavy atom. The molecule has 0 aliphatic carbocycles. The number of methoxy groups -OCH3 is 1. The first-order valence-corrected chi connectivity index (χ1v) is 5.27. The highest BCUT2D eigenvalue weighted by Crippen LogP contribution is 2.22. The fourth-order valence-corrected chi connectivity index (χ4v) is 1.48. The second kappa shape index (κ2) is 5.17. The Bertz CT molecular complexity index is 552. The number of anilines is 2. The molecule has 0 aliphatic heterocycles. The van der Waals surface area contributed by atoms with Crippen LogP contribution in [0.15, 0.2) is 30.5 Å². The monoisotopic (exact) mass is 247 g/mol. The molecule has 0 fully saturated rings. The molecule has 0 spiro atoms. The number of nitrogen functional groups attached to an aromatic ring is 1. The molecule has 7 nitrogen and oxygen atoms in total. The van der Waals surface area contributed by atoms with Gasteiger partial charge in [-0.2, -0.15) is 0 Å². The normalized spacial score (nSPS) is 10.1. The molecule has 18 heavy (non-hydrogen) atoms. The molecule has 2 aromatic rings. The Morgan fingerprint density at radius 3 is 2.94 bits per heavy atom. The van der Waals surface area contributed by atoms with E-state index in [1.165, 1.54) is 10.9 Å². The van der Waals surface area contributed by atoms with Crippen molar-refractivity contribution in [2.24, 2.45) is 0 Å². The van der Waals surface area contributed by atoms with Crippen molar-refractivity contribution in [2.45, 2.75) is 6.54 Å². The summed E-state index contributed by atoms with van der Waals surface area (Å²) in [6.45, 7) is 0.0439. The van der Waals surface area contributed by atoms with Gasteiger partial charge in [-0.25, -0.2) is 4.68 Å². The highest BCUT2D eigenvalue weighted by atomic mass is 16.5. The molecule has 1 aromatic heterocycles. The van der Waals surface area contributed by atoms with Crippen LogP contribution in [0.2, 0.25) is 0 Å². The molecule has 0 radical (unpaired) electrons. The van der Waals surface area contributed by atoms with Gasteiger partial charge in [-0.05, 0) is 12.1 Å². The number of nitrogens with zero attached hydrogens (tertiary/aromatic N) is 3. The van der Waals surface area contributed by atoms with E-state index in [0.717, 1.165) is 0 Å². The number of hydrogen-bond donors (Lipinski definition) is 2. The minimum Gasteiger partial charge on any atom is -0.495 e. The molecule has 0 unspecified atom stereocenters. The Balaban J connectivity index is 2.03. The number of nitrogens with one attached hydrogen (secondary N) is 1. The SMILES string of the molecule is COc1ccccc1NC(=O)Cn1cc(N)nn1. The standard InChI is InChI=1S/C11H13N5O2/c1-18-9-5-3-2-4-8(9)13-11(17)7-16-6-10(12)14-15-16/h2-6H,7,12H2,1H3,(H,13,17). The summed E-state index contributed by atoms with van der Waals surface area (Å²) in [6.07, 6.45) is 1.49. The van der Waals surface area contributed by atoms with E-state index >= 15 is 0 Å². The van der Waals surface area contributed by atoms with Gasteiger partial charge in [0.2, 0.25) is 5.91 Å². The van der Waals surface area contributed by atoms with Crippen LogP contribution in [-0.4, -0.2) is 28.0 Å². The molecule has 0 saturated heterocycles. The second-order valence-corrected chi connectivity index (χ2v) is 3.59. The quantitative estimate of drug-likeness (QED) is 0.820. The zero-order valence-corrected chi connectivity index (χ0v) is 9.83. The van der Waals surface area contributed by atoms with E-state index in [1.807, 2.05) is 12.1 Å². The first-order chi connectivity index (χ1) is 8.69. The van der Waals surface area contributed by atoms with Crippen LogP contribution in [-0.2, 0) is 11.3 Å². The van der Waals surface area contributed by atoms with Gasteiger partial charge in [0.1, 0.15) is 12.3 Å². The fraction of sp³-hybridized carbons (Fsp3) is 0.182. The number of para-hydroxylation sites is 2. The van der Waals surface area contributed by atoms with Crippen molar-refractivity contribution in [1.82, 2.24) is 15.0 Å². The smallest absolute Gasteiger partial charge is 0.246 e. The number of hydrogen-bond acceptors (Lipinski definition) is 5. The molecule has 0 atom stereocenters. The molecular weight excluding hydrogens is 234 g/mol. The van der Waals surface area contributed by atoms with Gasteiger partial charge in [0.05, 0.1) is 19.0 Å². The average Bonchev–Trinajstić information content (AvgIpc) is 2.75. The zero-order valence-electron chi connectivity index (χ0n) is 9.83. The molecule has 0 aliphatic rings. The molecule has 94 valence electrons. The Hall–Kier alpha value is -2.57. The minimum atomic E-state index is -0.232. The Labute approximate surface area is 104 Å². The number of nitrogens with two attached hydrogens (primary N) is 1. The van der Waals surface area contributed by atoms with Gasteiger partial charge in [-0.1, -0.05) is 17.3 Å². The number of benzene rings is 1. The summed E-state index contributed by atoms with van der Waals surface area (Å²) in [7, 11) is 1.54. The van der Waals surface area contributed by atoms with Crippen LogP contribution >= 0.6 is 0 Å². The summed E-state index contributed by atoms with van der Waals surface area (Å²) in [5.74, 6) is 0.647. The maximum atomic E-state index is 11.8. The third-order valence-corrected chi connectivity index (χ3v) is 2.24. The average molecular weight is 247 g/mol. The summed E-state index contributed by atoms with van der Waals surface area (Å²) in [5.41, 5.74) is 6.02. The Kier molecular flexibility index (Phi) is 3.42. The summed E-state index contributed by atoms with van der Waals surface area (Å²) in [5, 5.41) is 10.0. The molecule has 0 saturated carbocycles. The van der Waals surface area contributed by atoms with Gasteiger partial charge in [0, 0.05) is 0 Å². The van der Waals surface area contributed by atoms with Crippen LogP contribution in [0.5, 0.6) is 5.75 Å². The van der Waals surface area contributed by atoms with Crippen LogP contribution in [0, 0.1) is 0 Å². The van der Waals surface area contributed by atoms with Crippen molar-refractivity contribution < 1.29 is 9.53 Å². The molecule has 0 bridgehead atoms. The minimum absolute atomic E-state index is 0.0439. The predicted octanol–water partition coefficient (Wildman–Crippen LogP) is 0.508. The lowest BCUT2D eigenvalue weighted by molar-refractivity contribution is -0.116. The van der Waals surface area contributed by atoms with E-state index in [4.69, 9.17) is 10.5 Å². The first-order valence-electron chi connectivity index (χ1n) is 5.27. The first kappa shape index (κ1) is 11.9. The van der Waals surface area contributed by atoms with Crippen molar-refractivity contribution in [2.75, 3.05) is 18.2 Å². The number of amides is 1. The van der Waals surface area contributed by atoms with E-state index in [1.54, 1.807) is 19.2 Å². The maximum absolute atomic E-state index is 11.8. The van der Waals surface area contributed by atoms with Gasteiger partial charge in [0.15, 0.2) is 5.82 Å². The number of ether oxygens (including phenoxy) is 1. The molecule has 1 heterocycles. The lowest BCUT2D eigenvalue weighted by Gasteiger charge is -2.09. The maximum Gasteiger partial charge on any atom is 0.246 e. The van der Waals surface area contributed by atoms with Crippen molar-refractivity contribution in [3.63, 3.8) is 0 Å². The number of rotatable bonds is 4. The lowest BCUT2D eigenvalue weighted by atomic mass is 10.3. The summed E-state index contributed by atoms with van der Waals surface area (Å²) >= 11 is 0. The number of carbonyl (C=O) groups excluding carboxylic acids is 1. The van der Waals surface area contributed by atoms with Crippen molar-refractivity contribution in [1.29, 1.82) is 0 Å². The van der Waals surface area contributed by atoms with Gasteiger partial charge < -0.3 is 15.8 Å². The molecular formula is C11H13N5O2. The number of aromatic nitrogens is 3. The highest BCUT2D eigenvalue weighted by Gasteiger charge is 2.08. The molecule has 2 rings (SSSR count). The molecule has 1 aromatic carbocycles. The predicted molar refractivity (Wildman–Crippen MR) is 66.1 cm³/mol. The Morgan fingerprint density at radius 1 is 1.50 bits per heavy atom. The highest BCUT2D eigenvalue weighted by molar-refractivity contribution is 5.92. The number of carbonyl (C=O) groups is 1. The van der Waals surface area contributed by atoms with E-state index in [0.29, 0.717) is 11.4 Å². The molecule has 1 amide bonds. The zero-order chi connectivity index (χ0) is 13.0. The van der Waals surface area contributed by atoms with Gasteiger partial charge in [0.25, 0.3) is 0 Å². The summed E-state index contributed by atoms with van der Waals surface area (Å²) in [6, 6.07) is 7.16. The van der Waals surface area contributed by atoms with E-state index < -0.39 is 0 Å². The fourth-order valence-electron chi connectivity index (χ4n) is 1.48. The van der Waals surface area contributed by atoms with Gasteiger partial charge in [-0.15, -0.1) is 5.10 Å². The second-order valence-electron chi connectivity index (χ2n) is 3.59. The van der Waals surface area contributed by atoms with Gasteiger partial charge in [-0.3, -0.25) is 4.79 Å². The topological polar surface area (TPSA) is 95.1 Å². The van der Waals surface area contributed by atoms with Crippen LogP contribution in [0.25, 0.3) is 0 Å². The largest absolute Gasteiger partial charge is 0.495 e. The third kappa shape index (κ3) is 2.76. The van der Waals surface area contributed by atoms with Crippen LogP contribution in [0.1, 0.15) is 0 Å². The lowest BCUT2D eigenvalue weighted by Crippen LogP contribution is -2.19. The van der Waals surface area contributed by atoms with Crippen LogP contribution < -0.4 is 15.8 Å². The molecule has 7 heteroatoms. The summed E-state index contributed by atoms with van der Waals surface area (Å²) in [4.78, 5) is 11.8. The van der Waals surface area contributed by atoms with Crippen LogP contribution in [0.3, 0.4) is 0 Å². The molecule has 3 N–H and O–H groups in total. The van der Waals surface area contributed by atoms with Crippen LogP contribution in [0.4, 0.5) is 11.5 Å². The van der Waals surface area contributed by atoms with Gasteiger partial charge >= 0.3 is 0 Å². The van der Waals surface area contributed by atoms with Crippen molar-refractivity contribution >= 4 is 17.4 Å². The summed E-state index contributed by atoms with van der Waals surface area (Å²) < 4.78 is 6.49. The van der Waals surface area contributed by atoms with Crippen molar-refractivity contribution in [3.8, 4) is 5.75 Å². The third-order valence-electron chi connectivity index (χ3n) is 2.24. The van der Waals surface area contributed by atoms with E-state index in [9.17, 15) is 4.79 Å². The van der Waals surface area contributed by atoms with E-state index in [-0.39, 0.29) is 18.3 Å².